The van der Waals surface area contributed by atoms with Gasteiger partial charge in [0.15, 0.2) is 0 Å². The Hall–Kier alpha value is -2.41. The van der Waals surface area contributed by atoms with Gasteiger partial charge in [-0.05, 0) is 53.8 Å². The van der Waals surface area contributed by atoms with Crippen LogP contribution in [-0.2, 0) is 7.05 Å². The summed E-state index contributed by atoms with van der Waals surface area (Å²) in [6, 6.07) is 14.5. The summed E-state index contributed by atoms with van der Waals surface area (Å²) in [5, 5.41) is 17.3. The Labute approximate surface area is 184 Å². The van der Waals surface area contributed by atoms with Crippen molar-refractivity contribution in [2.45, 2.75) is 18.9 Å². The van der Waals surface area contributed by atoms with Gasteiger partial charge in [-0.15, -0.1) is 0 Å². The molecule has 1 aliphatic heterocycles. The minimum atomic E-state index is -0.481. The van der Waals surface area contributed by atoms with E-state index >= 15 is 0 Å². The number of aliphatic hydroxyl groups excluding tert-OH is 1. The Balaban J connectivity index is 1.14. The Morgan fingerprint density at radius 2 is 1.77 bits per heavy atom. The number of ether oxygens (including phenoxy) is 1. The number of fused-ring (bicyclic) bond motifs is 1. The standard InChI is InChI=1S/C25H32N4O2/c1-27-9-8-25(26-27)21-5-4-20-6-7-24(15-22(20)14-21)31-18-23(30)17-29-12-10-28(11-13-29)16-19-2-3-19/h4-9,14-15,19,23,30H,2-3,10-13,16-18H2,1H3. The van der Waals surface area contributed by atoms with Crippen molar-refractivity contribution in [3.63, 3.8) is 0 Å². The summed E-state index contributed by atoms with van der Waals surface area (Å²) in [6.07, 6.45) is 4.30. The van der Waals surface area contributed by atoms with Crippen LogP contribution in [0.4, 0.5) is 0 Å². The second kappa shape index (κ2) is 8.99. The van der Waals surface area contributed by atoms with E-state index in [1.54, 1.807) is 0 Å². The molecule has 6 heteroatoms. The summed E-state index contributed by atoms with van der Waals surface area (Å²) >= 11 is 0. The summed E-state index contributed by atoms with van der Waals surface area (Å²) < 4.78 is 7.76. The number of aryl methyl sites for hydroxylation is 1. The summed E-state index contributed by atoms with van der Waals surface area (Å²) in [7, 11) is 1.93. The third-order valence-electron chi connectivity index (χ3n) is 6.41. The van der Waals surface area contributed by atoms with Crippen molar-refractivity contribution in [2.75, 3.05) is 45.9 Å². The molecule has 0 radical (unpaired) electrons. The van der Waals surface area contributed by atoms with Crippen LogP contribution in [0, 0.1) is 5.92 Å². The van der Waals surface area contributed by atoms with Crippen molar-refractivity contribution in [1.82, 2.24) is 19.6 Å². The molecular weight excluding hydrogens is 388 g/mol. The fourth-order valence-corrected chi connectivity index (χ4v) is 4.41. The molecule has 1 aromatic heterocycles. The van der Waals surface area contributed by atoms with E-state index in [4.69, 9.17) is 4.74 Å². The number of nitrogens with zero attached hydrogens (tertiary/aromatic N) is 4. The second-order valence-electron chi connectivity index (χ2n) is 9.11. The summed E-state index contributed by atoms with van der Waals surface area (Å²) in [4.78, 5) is 4.93. The SMILES string of the molecule is Cn1ccc(-c2ccc3ccc(OCC(O)CN4CCN(CC5CC5)CC4)cc3c2)n1. The van der Waals surface area contributed by atoms with Gasteiger partial charge in [-0.3, -0.25) is 9.58 Å². The van der Waals surface area contributed by atoms with Crippen LogP contribution in [0.3, 0.4) is 0 Å². The molecule has 164 valence electrons. The number of hydrogen-bond acceptors (Lipinski definition) is 5. The average Bonchev–Trinajstić information content (AvgIpc) is 3.49. The van der Waals surface area contributed by atoms with Gasteiger partial charge in [-0.1, -0.05) is 18.2 Å². The normalized spacial score (nSPS) is 19.0. The number of rotatable bonds is 8. The van der Waals surface area contributed by atoms with Crippen molar-refractivity contribution in [1.29, 1.82) is 0 Å². The lowest BCUT2D eigenvalue weighted by atomic mass is 10.0. The van der Waals surface area contributed by atoms with Crippen LogP contribution in [0.1, 0.15) is 12.8 Å². The molecule has 0 amide bonds. The molecule has 1 unspecified atom stereocenters. The molecule has 0 bridgehead atoms. The predicted octanol–water partition coefficient (Wildman–Crippen LogP) is 3.01. The Bertz CT molecular complexity index is 1020. The maximum Gasteiger partial charge on any atom is 0.120 e. The Morgan fingerprint density at radius 1 is 1.00 bits per heavy atom. The highest BCUT2D eigenvalue weighted by Crippen LogP contribution is 2.30. The van der Waals surface area contributed by atoms with Gasteiger partial charge in [0.2, 0.25) is 0 Å². The number of benzene rings is 2. The molecular formula is C25H32N4O2. The quantitative estimate of drug-likeness (QED) is 0.607. The highest BCUT2D eigenvalue weighted by atomic mass is 16.5. The van der Waals surface area contributed by atoms with Gasteiger partial charge in [0.05, 0.1) is 5.69 Å². The highest BCUT2D eigenvalue weighted by molar-refractivity contribution is 5.87. The van der Waals surface area contributed by atoms with Crippen LogP contribution in [0.2, 0.25) is 0 Å². The number of β-amino-alcohol motifs (C(OH)–C–C–N with tert-alkyl or cyclic N) is 1. The molecule has 1 atom stereocenters. The van der Waals surface area contributed by atoms with Crippen molar-refractivity contribution >= 4 is 10.8 Å². The summed E-state index contributed by atoms with van der Waals surface area (Å²) in [5.74, 6) is 1.74. The lowest BCUT2D eigenvalue weighted by Gasteiger charge is -2.35. The molecule has 1 N–H and O–H groups in total. The van der Waals surface area contributed by atoms with Crippen molar-refractivity contribution < 1.29 is 9.84 Å². The van der Waals surface area contributed by atoms with E-state index in [-0.39, 0.29) is 0 Å². The van der Waals surface area contributed by atoms with Crippen molar-refractivity contribution in [3.05, 3.63) is 48.7 Å². The van der Waals surface area contributed by atoms with Gasteiger partial charge in [0, 0.05) is 58.1 Å². The van der Waals surface area contributed by atoms with E-state index in [9.17, 15) is 5.11 Å². The molecule has 6 nitrogen and oxygen atoms in total. The topological polar surface area (TPSA) is 53.8 Å². The summed E-state index contributed by atoms with van der Waals surface area (Å²) in [6.45, 7) is 6.57. The Kier molecular flexibility index (Phi) is 5.94. The molecule has 2 aromatic carbocycles. The number of aromatic nitrogens is 2. The fraction of sp³-hybridized carbons (Fsp3) is 0.480. The zero-order valence-corrected chi connectivity index (χ0v) is 18.3. The number of piperazine rings is 1. The summed E-state index contributed by atoms with van der Waals surface area (Å²) in [5.41, 5.74) is 2.05. The smallest absolute Gasteiger partial charge is 0.120 e. The number of hydrogen-bond donors (Lipinski definition) is 1. The van der Waals surface area contributed by atoms with Gasteiger partial charge in [-0.2, -0.15) is 5.10 Å². The maximum atomic E-state index is 10.5. The monoisotopic (exact) mass is 420 g/mol. The first-order valence-corrected chi connectivity index (χ1v) is 11.4. The maximum absolute atomic E-state index is 10.5. The molecule has 0 spiro atoms. The molecule has 1 aliphatic carbocycles. The highest BCUT2D eigenvalue weighted by Gasteiger charge is 2.26. The predicted molar refractivity (Wildman–Crippen MR) is 123 cm³/mol. The lowest BCUT2D eigenvalue weighted by Crippen LogP contribution is -2.49. The van der Waals surface area contributed by atoms with Crippen LogP contribution >= 0.6 is 0 Å². The van der Waals surface area contributed by atoms with E-state index < -0.39 is 6.10 Å². The largest absolute Gasteiger partial charge is 0.491 e. The van der Waals surface area contributed by atoms with E-state index in [0.29, 0.717) is 13.2 Å². The molecule has 5 rings (SSSR count). The third-order valence-corrected chi connectivity index (χ3v) is 6.41. The van der Waals surface area contributed by atoms with Crippen LogP contribution in [0.5, 0.6) is 5.75 Å². The molecule has 2 fully saturated rings. The number of aliphatic hydroxyl groups is 1. The van der Waals surface area contributed by atoms with Gasteiger partial charge < -0.3 is 14.7 Å². The third kappa shape index (κ3) is 5.26. The van der Waals surface area contributed by atoms with E-state index in [1.807, 2.05) is 36.1 Å². The van der Waals surface area contributed by atoms with Gasteiger partial charge in [0.1, 0.15) is 18.5 Å². The Morgan fingerprint density at radius 3 is 2.52 bits per heavy atom. The molecule has 31 heavy (non-hydrogen) atoms. The fourth-order valence-electron chi connectivity index (χ4n) is 4.41. The zero-order valence-electron chi connectivity index (χ0n) is 18.3. The lowest BCUT2D eigenvalue weighted by molar-refractivity contribution is 0.0453. The minimum Gasteiger partial charge on any atom is -0.491 e. The zero-order chi connectivity index (χ0) is 21.2. The van der Waals surface area contributed by atoms with Crippen LogP contribution in [-0.4, -0.2) is 76.7 Å². The molecule has 3 aromatic rings. The van der Waals surface area contributed by atoms with Crippen LogP contribution in [0.25, 0.3) is 22.0 Å². The van der Waals surface area contributed by atoms with E-state index in [1.165, 1.54) is 19.4 Å². The van der Waals surface area contributed by atoms with Gasteiger partial charge in [0.25, 0.3) is 0 Å². The molecule has 1 saturated heterocycles. The van der Waals surface area contributed by atoms with E-state index in [0.717, 1.165) is 59.9 Å². The first kappa shape index (κ1) is 20.5. The van der Waals surface area contributed by atoms with Gasteiger partial charge in [-0.25, -0.2) is 0 Å². The molecule has 2 heterocycles. The average molecular weight is 421 g/mol. The molecule has 2 aliphatic rings. The van der Waals surface area contributed by atoms with Crippen LogP contribution < -0.4 is 4.74 Å². The first-order chi connectivity index (χ1) is 15.1. The molecule has 1 saturated carbocycles. The van der Waals surface area contributed by atoms with Crippen molar-refractivity contribution in [3.8, 4) is 17.0 Å². The van der Waals surface area contributed by atoms with Crippen molar-refractivity contribution in [2.24, 2.45) is 13.0 Å². The van der Waals surface area contributed by atoms with Gasteiger partial charge >= 0.3 is 0 Å². The first-order valence-electron chi connectivity index (χ1n) is 11.4. The van der Waals surface area contributed by atoms with Crippen LogP contribution in [0.15, 0.2) is 48.7 Å². The minimum absolute atomic E-state index is 0.313. The van der Waals surface area contributed by atoms with E-state index in [2.05, 4.69) is 39.2 Å². The second-order valence-corrected chi connectivity index (χ2v) is 9.11.